The molecular weight excluding hydrogens is 461 g/mol. The molecule has 37 heavy (non-hydrogen) atoms. The molecule has 1 aliphatic rings. The van der Waals surface area contributed by atoms with Crippen LogP contribution in [0.15, 0.2) is 83.4 Å². The molecule has 0 unspecified atom stereocenters. The molecule has 0 radical (unpaired) electrons. The molecule has 5 aromatic rings. The first-order valence-electron chi connectivity index (χ1n) is 13.3. The highest BCUT2D eigenvalue weighted by molar-refractivity contribution is 5.94. The van der Waals surface area contributed by atoms with Gasteiger partial charge in [-0.05, 0) is 79.5 Å². The van der Waals surface area contributed by atoms with Gasteiger partial charge in [-0.1, -0.05) is 67.4 Å². The Balaban J connectivity index is 1.28. The van der Waals surface area contributed by atoms with Crippen molar-refractivity contribution in [3.63, 3.8) is 0 Å². The van der Waals surface area contributed by atoms with Gasteiger partial charge in [0.1, 0.15) is 5.82 Å². The molecule has 1 saturated carbocycles. The number of benzene rings is 3. The minimum Gasteiger partial charge on any atom is -0.334 e. The largest absolute Gasteiger partial charge is 0.334 e. The first-order valence-corrected chi connectivity index (χ1v) is 13.3. The molecule has 1 aliphatic carbocycles. The molecule has 0 saturated heterocycles. The Bertz CT molecular complexity index is 1500. The number of hydrogen-bond donors (Lipinski definition) is 0. The van der Waals surface area contributed by atoms with E-state index in [0.29, 0.717) is 17.6 Å². The lowest BCUT2D eigenvalue weighted by molar-refractivity contribution is 0.308. The van der Waals surface area contributed by atoms with Crippen LogP contribution in [-0.2, 0) is 0 Å². The summed E-state index contributed by atoms with van der Waals surface area (Å²) in [4.78, 5) is 9.54. The monoisotopic (exact) mass is 491 g/mol. The second kappa shape index (κ2) is 10.3. The van der Waals surface area contributed by atoms with Gasteiger partial charge < -0.3 is 4.52 Å². The first-order chi connectivity index (χ1) is 18.2. The fraction of sp³-hybridized carbons (Fsp3) is 0.281. The topological polar surface area (TPSA) is 51.8 Å². The quantitative estimate of drug-likeness (QED) is 0.238. The van der Waals surface area contributed by atoms with Crippen molar-refractivity contribution in [1.29, 1.82) is 0 Å². The van der Waals surface area contributed by atoms with Crippen LogP contribution < -0.4 is 0 Å². The van der Waals surface area contributed by atoms with E-state index in [1.54, 1.807) is 12.1 Å². The Morgan fingerprint density at radius 1 is 0.838 bits per heavy atom. The summed E-state index contributed by atoms with van der Waals surface area (Å²) in [7, 11) is 0. The summed E-state index contributed by atoms with van der Waals surface area (Å²) in [5.41, 5.74) is 5.53. The number of halogens is 1. The molecule has 2 heterocycles. The number of hydrogen-bond acceptors (Lipinski definition) is 4. The van der Waals surface area contributed by atoms with Crippen molar-refractivity contribution in [2.75, 3.05) is 0 Å². The zero-order chi connectivity index (χ0) is 25.2. The minimum atomic E-state index is -0.276. The van der Waals surface area contributed by atoms with E-state index in [2.05, 4.69) is 36.3 Å². The van der Waals surface area contributed by atoms with E-state index in [-0.39, 0.29) is 5.82 Å². The number of pyridine rings is 1. The van der Waals surface area contributed by atoms with Gasteiger partial charge in [0.15, 0.2) is 0 Å². The predicted octanol–water partition coefficient (Wildman–Crippen LogP) is 8.83. The van der Waals surface area contributed by atoms with E-state index >= 15 is 0 Å². The smallest absolute Gasteiger partial charge is 0.259 e. The van der Waals surface area contributed by atoms with Crippen LogP contribution in [0.25, 0.3) is 45.0 Å². The maximum atomic E-state index is 13.5. The Morgan fingerprint density at radius 3 is 2.32 bits per heavy atom. The first kappa shape index (κ1) is 23.5. The van der Waals surface area contributed by atoms with Crippen LogP contribution in [0.4, 0.5) is 4.39 Å². The summed E-state index contributed by atoms with van der Waals surface area (Å²) in [6, 6.07) is 24.8. The lowest BCUT2D eigenvalue weighted by atomic mass is 9.77. The third kappa shape index (κ3) is 4.91. The maximum absolute atomic E-state index is 13.5. The van der Waals surface area contributed by atoms with Gasteiger partial charge >= 0.3 is 0 Å². The SMILES string of the molecule is CCCC1CCC(c2ccc(-c3noc(-c4cc(-c5ccc(F)cc5)nc5ccccc45)n3)cc2)CC1. The van der Waals surface area contributed by atoms with Gasteiger partial charge in [-0.25, -0.2) is 9.37 Å². The molecule has 0 amide bonds. The third-order valence-electron chi connectivity index (χ3n) is 7.70. The second-order valence-corrected chi connectivity index (χ2v) is 10.1. The molecular formula is C32H30FN3O. The van der Waals surface area contributed by atoms with Crippen LogP contribution in [0.3, 0.4) is 0 Å². The fourth-order valence-corrected chi connectivity index (χ4v) is 5.67. The van der Waals surface area contributed by atoms with E-state index in [9.17, 15) is 4.39 Å². The lowest BCUT2D eigenvalue weighted by Crippen LogP contribution is -2.13. The molecule has 0 N–H and O–H groups in total. The van der Waals surface area contributed by atoms with Crippen LogP contribution in [0, 0.1) is 11.7 Å². The van der Waals surface area contributed by atoms with E-state index < -0.39 is 0 Å². The summed E-state index contributed by atoms with van der Waals surface area (Å²) in [5, 5.41) is 5.23. The standard InChI is InChI=1S/C32H30FN3O/c1-2-5-21-8-10-22(11-9-21)23-12-14-25(15-13-23)31-35-32(37-36-31)28-20-30(24-16-18-26(33)19-17-24)34-29-7-4-3-6-27(28)29/h3-4,6-7,12-22H,2,5,8-11H2,1H3. The van der Waals surface area contributed by atoms with Crippen molar-refractivity contribution < 1.29 is 8.91 Å². The molecule has 0 bridgehead atoms. The fourth-order valence-electron chi connectivity index (χ4n) is 5.67. The average Bonchev–Trinajstić information content (AvgIpc) is 3.44. The van der Waals surface area contributed by atoms with E-state index in [4.69, 9.17) is 14.5 Å². The lowest BCUT2D eigenvalue weighted by Gasteiger charge is -2.28. The summed E-state index contributed by atoms with van der Waals surface area (Å²) in [6.45, 7) is 2.29. The molecule has 0 spiro atoms. The van der Waals surface area contributed by atoms with Crippen molar-refractivity contribution in [2.45, 2.75) is 51.4 Å². The van der Waals surface area contributed by atoms with Gasteiger partial charge in [0, 0.05) is 16.5 Å². The van der Waals surface area contributed by atoms with Crippen molar-refractivity contribution in [2.24, 2.45) is 5.92 Å². The van der Waals surface area contributed by atoms with Crippen molar-refractivity contribution in [1.82, 2.24) is 15.1 Å². The van der Waals surface area contributed by atoms with Crippen LogP contribution in [0.2, 0.25) is 0 Å². The number of para-hydroxylation sites is 1. The molecule has 186 valence electrons. The Morgan fingerprint density at radius 2 is 1.57 bits per heavy atom. The van der Waals surface area contributed by atoms with E-state index in [1.165, 1.54) is 56.2 Å². The summed E-state index contributed by atoms with van der Waals surface area (Å²) in [5.74, 6) is 2.29. The van der Waals surface area contributed by atoms with Crippen LogP contribution in [-0.4, -0.2) is 15.1 Å². The Labute approximate surface area is 216 Å². The van der Waals surface area contributed by atoms with Gasteiger partial charge in [-0.3, -0.25) is 0 Å². The molecule has 0 aliphatic heterocycles. The van der Waals surface area contributed by atoms with Crippen molar-refractivity contribution in [3.8, 4) is 34.1 Å². The van der Waals surface area contributed by atoms with E-state index in [0.717, 1.165) is 39.2 Å². The van der Waals surface area contributed by atoms with Gasteiger partial charge in [0.2, 0.25) is 5.82 Å². The number of aromatic nitrogens is 3. The van der Waals surface area contributed by atoms with Gasteiger partial charge in [-0.2, -0.15) is 4.98 Å². The number of nitrogens with zero attached hydrogens (tertiary/aromatic N) is 3. The highest BCUT2D eigenvalue weighted by atomic mass is 19.1. The number of fused-ring (bicyclic) bond motifs is 1. The van der Waals surface area contributed by atoms with Crippen LogP contribution in [0.1, 0.15) is 56.9 Å². The normalized spacial score (nSPS) is 17.8. The summed E-state index contributed by atoms with van der Waals surface area (Å²) >= 11 is 0. The Kier molecular flexibility index (Phi) is 6.52. The second-order valence-electron chi connectivity index (χ2n) is 10.1. The molecule has 3 aromatic carbocycles. The molecule has 2 aromatic heterocycles. The minimum absolute atomic E-state index is 0.276. The van der Waals surface area contributed by atoms with E-state index in [1.807, 2.05) is 30.3 Å². The Hall–Kier alpha value is -3.86. The van der Waals surface area contributed by atoms with Gasteiger partial charge in [0.05, 0.1) is 16.8 Å². The van der Waals surface area contributed by atoms with Crippen LogP contribution >= 0.6 is 0 Å². The predicted molar refractivity (Wildman–Crippen MR) is 145 cm³/mol. The van der Waals surface area contributed by atoms with Crippen molar-refractivity contribution in [3.05, 3.63) is 90.2 Å². The summed E-state index contributed by atoms with van der Waals surface area (Å²) < 4.78 is 19.2. The maximum Gasteiger partial charge on any atom is 0.259 e. The third-order valence-corrected chi connectivity index (χ3v) is 7.70. The molecule has 4 nitrogen and oxygen atoms in total. The van der Waals surface area contributed by atoms with Crippen molar-refractivity contribution >= 4 is 10.9 Å². The average molecular weight is 492 g/mol. The molecule has 1 fully saturated rings. The molecule has 6 rings (SSSR count). The highest BCUT2D eigenvalue weighted by Crippen LogP contribution is 2.38. The van der Waals surface area contributed by atoms with Gasteiger partial charge in [-0.15, -0.1) is 0 Å². The zero-order valence-electron chi connectivity index (χ0n) is 21.0. The molecule has 5 heteroatoms. The van der Waals surface area contributed by atoms with Gasteiger partial charge in [0.25, 0.3) is 5.89 Å². The number of rotatable bonds is 6. The summed E-state index contributed by atoms with van der Waals surface area (Å²) in [6.07, 6.45) is 7.90. The highest BCUT2D eigenvalue weighted by Gasteiger charge is 2.22. The zero-order valence-corrected chi connectivity index (χ0v) is 21.0. The molecule has 0 atom stereocenters. The van der Waals surface area contributed by atoms with Crippen LogP contribution in [0.5, 0.6) is 0 Å².